The molecule has 0 aliphatic carbocycles. The van der Waals surface area contributed by atoms with Crippen LogP contribution in [0.25, 0.3) is 11.0 Å². The van der Waals surface area contributed by atoms with Crippen LogP contribution in [0.4, 0.5) is 0 Å². The molecule has 0 bridgehead atoms. The summed E-state index contributed by atoms with van der Waals surface area (Å²) in [7, 11) is 1.54. The van der Waals surface area contributed by atoms with Crippen molar-refractivity contribution in [2.24, 2.45) is 0 Å². The number of methoxy groups -OCH3 is 1. The summed E-state index contributed by atoms with van der Waals surface area (Å²) in [6, 6.07) is 12.7. The number of ether oxygens (including phenoxy) is 3. The molecule has 2 N–H and O–H groups in total. The van der Waals surface area contributed by atoms with E-state index in [0.29, 0.717) is 29.1 Å². The first-order valence-electron chi connectivity index (χ1n) is 9.41. The number of carbonyl (C=O) groups is 2. The Kier molecular flexibility index (Phi) is 6.92. The standard InChI is InChI=1S/C22H23NO7/c1-3-29-18-7-5-4-6-14(18)12-28-13-17(22(25)26)23-21(24)20-11-15-10-16(27-2)8-9-19(15)30-20/h4-11,17H,3,12-13H2,1-2H3,(H,23,24)(H,25,26)/t17-/m0/s1. The predicted molar refractivity (Wildman–Crippen MR) is 109 cm³/mol. The Bertz CT molecular complexity index is 1030. The third-order valence-electron chi connectivity index (χ3n) is 4.37. The first-order chi connectivity index (χ1) is 14.5. The fourth-order valence-corrected chi connectivity index (χ4v) is 2.87. The van der Waals surface area contributed by atoms with Crippen molar-refractivity contribution in [2.45, 2.75) is 19.6 Å². The van der Waals surface area contributed by atoms with Crippen molar-refractivity contribution in [3.05, 3.63) is 59.9 Å². The summed E-state index contributed by atoms with van der Waals surface area (Å²) in [5.41, 5.74) is 1.29. The molecule has 30 heavy (non-hydrogen) atoms. The number of nitrogens with one attached hydrogen (secondary N) is 1. The van der Waals surface area contributed by atoms with Gasteiger partial charge in [-0.3, -0.25) is 4.79 Å². The second-order valence-electron chi connectivity index (χ2n) is 6.43. The highest BCUT2D eigenvalue weighted by atomic mass is 16.5. The number of carboxylic acid groups (broad SMARTS) is 1. The van der Waals surface area contributed by atoms with Crippen LogP contribution in [0, 0.1) is 0 Å². The minimum Gasteiger partial charge on any atom is -0.497 e. The van der Waals surface area contributed by atoms with Crippen molar-refractivity contribution < 1.29 is 33.3 Å². The molecule has 0 spiro atoms. The topological polar surface area (TPSA) is 107 Å². The molecule has 3 aromatic rings. The number of amides is 1. The summed E-state index contributed by atoms with van der Waals surface area (Å²) < 4.78 is 21.7. The number of furan rings is 1. The van der Waals surface area contributed by atoms with E-state index in [2.05, 4.69) is 5.32 Å². The number of aliphatic carboxylic acids is 1. The van der Waals surface area contributed by atoms with Gasteiger partial charge in [0, 0.05) is 10.9 Å². The van der Waals surface area contributed by atoms with Gasteiger partial charge in [-0.2, -0.15) is 0 Å². The minimum absolute atomic E-state index is 0.00574. The number of hydrogen-bond donors (Lipinski definition) is 2. The first-order valence-corrected chi connectivity index (χ1v) is 9.41. The molecule has 0 unspecified atom stereocenters. The smallest absolute Gasteiger partial charge is 0.328 e. The highest BCUT2D eigenvalue weighted by Gasteiger charge is 2.23. The Labute approximate surface area is 173 Å². The first kappa shape index (κ1) is 21.2. The van der Waals surface area contributed by atoms with E-state index in [-0.39, 0.29) is 19.0 Å². The fraction of sp³-hybridized carbons (Fsp3) is 0.273. The van der Waals surface area contributed by atoms with Crippen LogP contribution in [0.5, 0.6) is 11.5 Å². The molecule has 0 saturated carbocycles. The molecule has 2 aromatic carbocycles. The Morgan fingerprint density at radius 1 is 1.17 bits per heavy atom. The summed E-state index contributed by atoms with van der Waals surface area (Å²) in [5.74, 6) is -0.547. The second kappa shape index (κ2) is 9.80. The lowest BCUT2D eigenvalue weighted by molar-refractivity contribution is -0.141. The largest absolute Gasteiger partial charge is 0.497 e. The lowest BCUT2D eigenvalue weighted by Crippen LogP contribution is -2.43. The fourth-order valence-electron chi connectivity index (χ4n) is 2.87. The number of carboxylic acids is 1. The van der Waals surface area contributed by atoms with Crippen molar-refractivity contribution in [3.63, 3.8) is 0 Å². The van der Waals surface area contributed by atoms with Gasteiger partial charge in [0.2, 0.25) is 0 Å². The molecule has 1 atom stereocenters. The molecule has 0 aliphatic heterocycles. The van der Waals surface area contributed by atoms with Crippen LogP contribution in [0.2, 0.25) is 0 Å². The molecule has 3 rings (SSSR count). The molecule has 8 nitrogen and oxygen atoms in total. The lowest BCUT2D eigenvalue weighted by Gasteiger charge is -2.15. The molecule has 0 radical (unpaired) electrons. The van der Waals surface area contributed by atoms with E-state index < -0.39 is 17.9 Å². The normalized spacial score (nSPS) is 11.8. The quantitative estimate of drug-likeness (QED) is 0.525. The molecule has 0 saturated heterocycles. The number of rotatable bonds is 10. The van der Waals surface area contributed by atoms with E-state index in [1.54, 1.807) is 25.3 Å². The van der Waals surface area contributed by atoms with Gasteiger partial charge in [0.05, 0.1) is 26.9 Å². The Morgan fingerprint density at radius 2 is 1.97 bits per heavy atom. The van der Waals surface area contributed by atoms with E-state index in [1.807, 2.05) is 31.2 Å². The van der Waals surface area contributed by atoms with Gasteiger partial charge in [-0.1, -0.05) is 18.2 Å². The molecule has 8 heteroatoms. The number of hydrogen-bond acceptors (Lipinski definition) is 6. The maximum atomic E-state index is 12.5. The van der Waals surface area contributed by atoms with Gasteiger partial charge in [-0.05, 0) is 37.3 Å². The Morgan fingerprint density at radius 3 is 2.70 bits per heavy atom. The van der Waals surface area contributed by atoms with E-state index >= 15 is 0 Å². The molecule has 1 aromatic heterocycles. The average molecular weight is 413 g/mol. The van der Waals surface area contributed by atoms with Gasteiger partial charge in [-0.15, -0.1) is 0 Å². The van der Waals surface area contributed by atoms with Crippen LogP contribution in [-0.4, -0.2) is 43.3 Å². The van der Waals surface area contributed by atoms with Crippen LogP contribution < -0.4 is 14.8 Å². The Balaban J connectivity index is 1.63. The molecule has 0 fully saturated rings. The van der Waals surface area contributed by atoms with E-state index in [9.17, 15) is 14.7 Å². The second-order valence-corrected chi connectivity index (χ2v) is 6.43. The van der Waals surface area contributed by atoms with Crippen LogP contribution in [-0.2, 0) is 16.1 Å². The highest BCUT2D eigenvalue weighted by Crippen LogP contribution is 2.24. The maximum Gasteiger partial charge on any atom is 0.328 e. The monoisotopic (exact) mass is 413 g/mol. The number of para-hydroxylation sites is 1. The van der Waals surface area contributed by atoms with Crippen molar-refractivity contribution in [2.75, 3.05) is 20.3 Å². The third-order valence-corrected chi connectivity index (χ3v) is 4.37. The minimum atomic E-state index is -1.24. The average Bonchev–Trinajstić information content (AvgIpc) is 3.17. The van der Waals surface area contributed by atoms with Gasteiger partial charge < -0.3 is 29.1 Å². The van der Waals surface area contributed by atoms with Crippen LogP contribution in [0.1, 0.15) is 23.0 Å². The molecule has 1 heterocycles. The third kappa shape index (κ3) is 5.09. The molecule has 0 aliphatic rings. The molecule has 1 amide bonds. The number of carbonyl (C=O) groups excluding carboxylic acids is 1. The summed E-state index contributed by atoms with van der Waals surface area (Å²) in [6.45, 7) is 2.33. The molecule has 158 valence electrons. The van der Waals surface area contributed by atoms with Crippen molar-refractivity contribution in [1.29, 1.82) is 0 Å². The summed E-state index contributed by atoms with van der Waals surface area (Å²) in [6.07, 6.45) is 0. The Hall–Kier alpha value is -3.52. The van der Waals surface area contributed by atoms with E-state index in [4.69, 9.17) is 18.6 Å². The SMILES string of the molecule is CCOc1ccccc1COC[C@H](NC(=O)c1cc2cc(OC)ccc2o1)C(=O)O. The zero-order chi connectivity index (χ0) is 21.5. The number of benzene rings is 2. The van der Waals surface area contributed by atoms with Crippen molar-refractivity contribution >= 4 is 22.8 Å². The summed E-state index contributed by atoms with van der Waals surface area (Å²) >= 11 is 0. The summed E-state index contributed by atoms with van der Waals surface area (Å²) in [4.78, 5) is 24.0. The van der Waals surface area contributed by atoms with Gasteiger partial charge >= 0.3 is 5.97 Å². The molecular formula is C22H23NO7. The van der Waals surface area contributed by atoms with Crippen LogP contribution >= 0.6 is 0 Å². The van der Waals surface area contributed by atoms with E-state index in [1.165, 1.54) is 6.07 Å². The maximum absolute atomic E-state index is 12.5. The van der Waals surface area contributed by atoms with E-state index in [0.717, 1.165) is 5.56 Å². The van der Waals surface area contributed by atoms with Crippen LogP contribution in [0.15, 0.2) is 52.9 Å². The van der Waals surface area contributed by atoms with Crippen LogP contribution in [0.3, 0.4) is 0 Å². The molecular weight excluding hydrogens is 390 g/mol. The zero-order valence-corrected chi connectivity index (χ0v) is 16.7. The predicted octanol–water partition coefficient (Wildman–Crippen LogP) is 3.24. The van der Waals surface area contributed by atoms with Crippen molar-refractivity contribution in [3.8, 4) is 11.5 Å². The number of fused-ring (bicyclic) bond motifs is 1. The highest BCUT2D eigenvalue weighted by molar-refractivity contribution is 5.98. The van der Waals surface area contributed by atoms with Crippen molar-refractivity contribution in [1.82, 2.24) is 5.32 Å². The zero-order valence-electron chi connectivity index (χ0n) is 16.7. The van der Waals surface area contributed by atoms with Gasteiger partial charge in [-0.25, -0.2) is 4.79 Å². The lowest BCUT2D eigenvalue weighted by atomic mass is 10.2. The van der Waals surface area contributed by atoms with Gasteiger partial charge in [0.1, 0.15) is 17.1 Å². The summed E-state index contributed by atoms with van der Waals surface area (Å²) in [5, 5.41) is 12.6. The van der Waals surface area contributed by atoms with Gasteiger partial charge in [0.25, 0.3) is 5.91 Å². The van der Waals surface area contributed by atoms with Gasteiger partial charge in [0.15, 0.2) is 11.8 Å².